The van der Waals surface area contributed by atoms with Gasteiger partial charge in [-0.05, 0) is 73.4 Å². The lowest BCUT2D eigenvalue weighted by molar-refractivity contribution is -0.152. The number of carbonyl (C=O) groups excluding carboxylic acids is 2. The number of hydrogen-bond acceptors (Lipinski definition) is 5. The van der Waals surface area contributed by atoms with Gasteiger partial charge in [0.05, 0.1) is 19.4 Å². The molecular formula is C29H33FN4O3. The van der Waals surface area contributed by atoms with E-state index in [9.17, 15) is 14.0 Å². The largest absolute Gasteiger partial charge is 0.497 e. The highest BCUT2D eigenvalue weighted by atomic mass is 19.1. The molecule has 2 aromatic carbocycles. The third kappa shape index (κ3) is 5.10. The number of carbonyl (C=O) groups is 2. The molecule has 2 aromatic rings. The fraction of sp³-hybridized carbons (Fsp3) is 0.414. The minimum absolute atomic E-state index is 0.0980. The fourth-order valence-corrected chi connectivity index (χ4v) is 5.40. The van der Waals surface area contributed by atoms with Crippen LogP contribution in [0.2, 0.25) is 0 Å². The summed E-state index contributed by atoms with van der Waals surface area (Å²) >= 11 is 0. The summed E-state index contributed by atoms with van der Waals surface area (Å²) in [7, 11) is 1.62. The predicted octanol–water partition coefficient (Wildman–Crippen LogP) is 4.38. The van der Waals surface area contributed by atoms with E-state index < -0.39 is 5.54 Å². The molecule has 2 aliphatic heterocycles. The average Bonchev–Trinajstić information content (AvgIpc) is 2.91. The summed E-state index contributed by atoms with van der Waals surface area (Å²) < 4.78 is 19.2. The van der Waals surface area contributed by atoms with E-state index in [-0.39, 0.29) is 36.8 Å². The van der Waals surface area contributed by atoms with Crippen molar-refractivity contribution < 1.29 is 18.7 Å². The van der Waals surface area contributed by atoms with Crippen molar-refractivity contribution in [2.45, 2.75) is 63.6 Å². The molecule has 2 fully saturated rings. The summed E-state index contributed by atoms with van der Waals surface area (Å²) in [5, 5.41) is 9.69. The molecule has 5 rings (SSSR count). The molecule has 0 bridgehead atoms. The van der Waals surface area contributed by atoms with Crippen LogP contribution < -0.4 is 10.1 Å². The molecule has 194 valence electrons. The first-order valence-corrected chi connectivity index (χ1v) is 12.9. The van der Waals surface area contributed by atoms with Crippen LogP contribution in [0, 0.1) is 5.82 Å². The summed E-state index contributed by atoms with van der Waals surface area (Å²) in [6.45, 7) is 2.12. The predicted molar refractivity (Wildman–Crippen MR) is 139 cm³/mol. The lowest BCUT2D eigenvalue weighted by Gasteiger charge is -2.48. The number of methoxy groups -OCH3 is 1. The number of rotatable bonds is 6. The second-order valence-corrected chi connectivity index (χ2v) is 10.2. The summed E-state index contributed by atoms with van der Waals surface area (Å²) in [5.74, 6) is -0.101. The average molecular weight is 505 g/mol. The number of benzene rings is 2. The highest BCUT2D eigenvalue weighted by Crippen LogP contribution is 2.34. The normalized spacial score (nSPS) is 22.2. The van der Waals surface area contributed by atoms with Gasteiger partial charge in [0, 0.05) is 19.0 Å². The second-order valence-electron chi connectivity index (χ2n) is 10.2. The van der Waals surface area contributed by atoms with Crippen LogP contribution in [0.5, 0.6) is 5.75 Å². The summed E-state index contributed by atoms with van der Waals surface area (Å²) in [6, 6.07) is 13.9. The van der Waals surface area contributed by atoms with Gasteiger partial charge in [-0.25, -0.2) is 4.39 Å². The number of fused-ring (bicyclic) bond motifs is 1. The molecule has 1 unspecified atom stereocenters. The zero-order valence-corrected chi connectivity index (χ0v) is 21.4. The Labute approximate surface area is 217 Å². The van der Waals surface area contributed by atoms with E-state index in [1.54, 1.807) is 36.1 Å². The van der Waals surface area contributed by atoms with Crippen LogP contribution in [-0.4, -0.2) is 52.7 Å². The topological polar surface area (TPSA) is 74.2 Å². The number of ether oxygens (including phenoxy) is 1. The van der Waals surface area contributed by atoms with Gasteiger partial charge in [0.25, 0.3) is 5.91 Å². The number of nitrogens with one attached hydrogen (secondary N) is 1. The van der Waals surface area contributed by atoms with Crippen molar-refractivity contribution in [3.8, 4) is 5.75 Å². The highest BCUT2D eigenvalue weighted by Gasteiger charge is 2.50. The van der Waals surface area contributed by atoms with Gasteiger partial charge in [-0.2, -0.15) is 5.10 Å². The van der Waals surface area contributed by atoms with Crippen molar-refractivity contribution in [3.63, 3.8) is 0 Å². The minimum atomic E-state index is -1.19. The van der Waals surface area contributed by atoms with Gasteiger partial charge in [-0.1, -0.05) is 31.4 Å². The maximum Gasteiger partial charge on any atom is 0.273 e. The Morgan fingerprint density at radius 1 is 1.16 bits per heavy atom. The molecule has 1 aliphatic carbocycles. The maximum atomic E-state index is 14.0. The molecular weight excluding hydrogens is 471 g/mol. The van der Waals surface area contributed by atoms with Crippen molar-refractivity contribution in [1.29, 1.82) is 0 Å². The van der Waals surface area contributed by atoms with E-state index in [1.807, 2.05) is 30.3 Å². The van der Waals surface area contributed by atoms with E-state index in [0.717, 1.165) is 42.7 Å². The van der Waals surface area contributed by atoms with Crippen molar-refractivity contribution in [2.75, 3.05) is 13.7 Å². The van der Waals surface area contributed by atoms with E-state index in [0.29, 0.717) is 17.7 Å². The fourth-order valence-electron chi connectivity index (χ4n) is 5.40. The van der Waals surface area contributed by atoms with Gasteiger partial charge in [0.2, 0.25) is 5.91 Å². The highest BCUT2D eigenvalue weighted by molar-refractivity contribution is 6.06. The van der Waals surface area contributed by atoms with Crippen LogP contribution in [0.4, 0.5) is 4.39 Å². The zero-order valence-electron chi connectivity index (χ0n) is 21.4. The Hall–Kier alpha value is -3.68. The molecule has 1 saturated heterocycles. The molecule has 7 nitrogen and oxygen atoms in total. The first-order chi connectivity index (χ1) is 17.9. The van der Waals surface area contributed by atoms with E-state index in [2.05, 4.69) is 5.32 Å². The smallest absolute Gasteiger partial charge is 0.273 e. The van der Waals surface area contributed by atoms with Crippen molar-refractivity contribution in [1.82, 2.24) is 15.2 Å². The molecule has 2 heterocycles. The third-order valence-electron chi connectivity index (χ3n) is 7.61. The minimum Gasteiger partial charge on any atom is -0.497 e. The van der Waals surface area contributed by atoms with Crippen molar-refractivity contribution >= 4 is 17.5 Å². The van der Waals surface area contributed by atoms with Crippen LogP contribution in [-0.2, 0) is 16.1 Å². The van der Waals surface area contributed by atoms with Crippen LogP contribution in [0.25, 0.3) is 0 Å². The quantitative estimate of drug-likeness (QED) is 0.634. The monoisotopic (exact) mass is 504 g/mol. The molecule has 3 aliphatic rings. The Bertz CT molecular complexity index is 1240. The number of hydrogen-bond donors (Lipinski definition) is 1. The Morgan fingerprint density at radius 2 is 1.92 bits per heavy atom. The van der Waals surface area contributed by atoms with E-state index in [1.165, 1.54) is 18.6 Å². The van der Waals surface area contributed by atoms with Crippen LogP contribution in [0.1, 0.15) is 56.6 Å². The van der Waals surface area contributed by atoms with Gasteiger partial charge in [-0.15, -0.1) is 0 Å². The molecule has 1 saturated carbocycles. The van der Waals surface area contributed by atoms with Gasteiger partial charge >= 0.3 is 0 Å². The Balaban J connectivity index is 1.46. The molecule has 0 aromatic heterocycles. The lowest BCUT2D eigenvalue weighted by atomic mass is 9.90. The first-order valence-electron chi connectivity index (χ1n) is 12.9. The first kappa shape index (κ1) is 25.0. The Kier molecular flexibility index (Phi) is 7.00. The molecule has 0 radical (unpaired) electrons. The maximum absolute atomic E-state index is 14.0. The number of amides is 2. The van der Waals surface area contributed by atoms with E-state index >= 15 is 0 Å². The number of allylic oxidation sites excluding steroid dienone is 1. The summed E-state index contributed by atoms with van der Waals surface area (Å²) in [5.41, 5.74) is 1.63. The summed E-state index contributed by atoms with van der Waals surface area (Å²) in [4.78, 5) is 29.2. The van der Waals surface area contributed by atoms with Gasteiger partial charge < -0.3 is 15.0 Å². The molecule has 1 atom stereocenters. The number of piperazine rings is 1. The lowest BCUT2D eigenvalue weighted by Crippen LogP contribution is -2.68. The van der Waals surface area contributed by atoms with E-state index in [4.69, 9.17) is 9.84 Å². The molecule has 8 heteroatoms. The molecule has 1 N–H and O–H groups in total. The second kappa shape index (κ2) is 10.4. The van der Waals surface area contributed by atoms with Gasteiger partial charge in [0.1, 0.15) is 22.8 Å². The van der Waals surface area contributed by atoms with Gasteiger partial charge in [0.15, 0.2) is 0 Å². The third-order valence-corrected chi connectivity index (χ3v) is 7.61. The van der Waals surface area contributed by atoms with Gasteiger partial charge in [-0.3, -0.25) is 14.6 Å². The SMILES string of the molecule is COc1ccc(C2=NN3CC(C)(C(=O)NC4CCCCC4)N(Cc4cccc(F)c4)C(=O)C3=CC2)cc1. The zero-order chi connectivity index (χ0) is 26.0. The molecule has 2 amide bonds. The number of halogens is 1. The van der Waals surface area contributed by atoms with Crippen molar-refractivity contribution in [3.05, 3.63) is 77.2 Å². The number of nitrogens with zero attached hydrogens (tertiary/aromatic N) is 3. The Morgan fingerprint density at radius 3 is 2.62 bits per heavy atom. The molecule has 0 spiro atoms. The molecule has 37 heavy (non-hydrogen) atoms. The van der Waals surface area contributed by atoms with Crippen LogP contribution in [0.15, 0.2) is 65.4 Å². The van der Waals surface area contributed by atoms with Crippen LogP contribution >= 0.6 is 0 Å². The van der Waals surface area contributed by atoms with Crippen LogP contribution in [0.3, 0.4) is 0 Å². The standard InChI is InChI=1S/C29H33FN4O3/c1-29(28(36)31-23-9-4-3-5-10-23)19-34-26(27(35)33(29)18-20-7-6-8-22(30)17-20)16-15-25(32-34)21-11-13-24(37-2)14-12-21/h6-8,11-14,16-17,23H,3-5,9-10,15,18-19H2,1-2H3,(H,31,36). The number of hydrazone groups is 1. The van der Waals surface area contributed by atoms with Crippen molar-refractivity contribution in [2.24, 2.45) is 5.10 Å². The summed E-state index contributed by atoms with van der Waals surface area (Å²) in [6.07, 6.45) is 7.58.